The molecular weight excluding hydrogens is 348 g/mol. The Labute approximate surface area is 168 Å². The third-order valence-electron chi connectivity index (χ3n) is 6.72. The van der Waals surface area contributed by atoms with Gasteiger partial charge in [-0.1, -0.05) is 24.6 Å². The van der Waals surface area contributed by atoms with Gasteiger partial charge in [-0.3, -0.25) is 9.69 Å². The van der Waals surface area contributed by atoms with E-state index in [1.807, 2.05) is 0 Å². The summed E-state index contributed by atoms with van der Waals surface area (Å²) in [5.74, 6) is 0.231. The number of benzene rings is 1. The lowest BCUT2D eigenvalue weighted by atomic mass is 10.0. The molecule has 0 unspecified atom stereocenters. The van der Waals surface area contributed by atoms with Gasteiger partial charge in [-0.15, -0.1) is 0 Å². The molecule has 2 atom stereocenters. The van der Waals surface area contributed by atoms with Crippen LogP contribution in [0, 0.1) is 20.8 Å². The topological polar surface area (TPSA) is 41.4 Å². The fraction of sp³-hybridized carbons (Fsp3) is 0.565. The summed E-state index contributed by atoms with van der Waals surface area (Å²) in [6.45, 7) is 11.1. The molecule has 150 valence electrons. The van der Waals surface area contributed by atoms with Gasteiger partial charge in [-0.2, -0.15) is 5.10 Å². The molecule has 5 heteroatoms. The largest absolute Gasteiger partial charge is 0.338 e. The molecule has 2 aliphatic heterocycles. The number of nitrogens with zero attached hydrogens (tertiary/aromatic N) is 4. The Kier molecular flexibility index (Phi) is 5.28. The Balaban J connectivity index is 1.62. The van der Waals surface area contributed by atoms with Crippen LogP contribution < -0.4 is 0 Å². The number of hydrogen-bond donors (Lipinski definition) is 0. The van der Waals surface area contributed by atoms with Crippen LogP contribution in [-0.2, 0) is 11.3 Å². The van der Waals surface area contributed by atoms with Gasteiger partial charge in [0.25, 0.3) is 0 Å². The van der Waals surface area contributed by atoms with Crippen LogP contribution in [0.1, 0.15) is 55.1 Å². The average molecular weight is 381 g/mol. The van der Waals surface area contributed by atoms with Crippen LogP contribution in [0.15, 0.2) is 24.3 Å². The number of aryl methyl sites for hydroxylation is 2. The summed E-state index contributed by atoms with van der Waals surface area (Å²) in [7, 11) is 0. The third kappa shape index (κ3) is 3.37. The molecule has 0 radical (unpaired) electrons. The zero-order chi connectivity index (χ0) is 19.8. The lowest BCUT2D eigenvalue weighted by molar-refractivity contribution is -0.130. The smallest absolute Gasteiger partial charge is 0.219 e. The highest BCUT2D eigenvalue weighted by molar-refractivity contribution is 5.74. The fourth-order valence-corrected chi connectivity index (χ4v) is 5.18. The summed E-state index contributed by atoms with van der Waals surface area (Å²) in [5.41, 5.74) is 6.08. The minimum atomic E-state index is 0.231. The van der Waals surface area contributed by atoms with Crippen molar-refractivity contribution >= 4 is 5.91 Å². The molecule has 28 heavy (non-hydrogen) atoms. The second-order valence-corrected chi connectivity index (χ2v) is 8.45. The molecule has 4 rings (SSSR count). The van der Waals surface area contributed by atoms with Crippen molar-refractivity contribution in [1.82, 2.24) is 19.6 Å². The van der Waals surface area contributed by atoms with Gasteiger partial charge in [-0.25, -0.2) is 4.68 Å². The second-order valence-electron chi connectivity index (χ2n) is 8.45. The van der Waals surface area contributed by atoms with E-state index < -0.39 is 0 Å². The van der Waals surface area contributed by atoms with E-state index in [0.717, 1.165) is 43.9 Å². The summed E-state index contributed by atoms with van der Waals surface area (Å²) in [5, 5.41) is 4.88. The van der Waals surface area contributed by atoms with E-state index in [-0.39, 0.29) is 5.91 Å². The van der Waals surface area contributed by atoms with Crippen LogP contribution in [0.5, 0.6) is 0 Å². The monoisotopic (exact) mass is 380 g/mol. The molecule has 2 aliphatic rings. The predicted molar refractivity (Wildman–Crippen MR) is 112 cm³/mol. The van der Waals surface area contributed by atoms with Crippen LogP contribution in [0.3, 0.4) is 0 Å². The van der Waals surface area contributed by atoms with Gasteiger partial charge >= 0.3 is 0 Å². The van der Waals surface area contributed by atoms with Gasteiger partial charge in [0.15, 0.2) is 0 Å². The maximum atomic E-state index is 12.1. The number of hydrogen-bond acceptors (Lipinski definition) is 3. The molecule has 2 fully saturated rings. The lowest BCUT2D eigenvalue weighted by Crippen LogP contribution is -2.45. The summed E-state index contributed by atoms with van der Waals surface area (Å²) in [4.78, 5) is 16.8. The fourth-order valence-electron chi connectivity index (χ4n) is 5.18. The van der Waals surface area contributed by atoms with Gasteiger partial charge < -0.3 is 4.90 Å². The first-order chi connectivity index (χ1) is 13.5. The molecule has 2 saturated heterocycles. The summed E-state index contributed by atoms with van der Waals surface area (Å²) in [6, 6.07) is 9.29. The summed E-state index contributed by atoms with van der Waals surface area (Å²) >= 11 is 0. The molecule has 0 aliphatic carbocycles. The maximum Gasteiger partial charge on any atom is 0.219 e. The van der Waals surface area contributed by atoms with Crippen LogP contribution in [0.4, 0.5) is 0 Å². The van der Waals surface area contributed by atoms with E-state index in [2.05, 4.69) is 59.5 Å². The van der Waals surface area contributed by atoms with Crippen molar-refractivity contribution in [2.45, 2.75) is 72.0 Å². The van der Waals surface area contributed by atoms with E-state index in [0.29, 0.717) is 12.1 Å². The Morgan fingerprint density at radius 2 is 1.86 bits per heavy atom. The Bertz CT molecular complexity index is 871. The second kappa shape index (κ2) is 7.70. The van der Waals surface area contributed by atoms with E-state index in [9.17, 15) is 4.79 Å². The van der Waals surface area contributed by atoms with Crippen molar-refractivity contribution in [3.05, 3.63) is 46.8 Å². The number of aromatic nitrogens is 2. The van der Waals surface area contributed by atoms with E-state index in [4.69, 9.17) is 5.10 Å². The van der Waals surface area contributed by atoms with Crippen molar-refractivity contribution in [3.63, 3.8) is 0 Å². The molecule has 0 N–H and O–H groups in total. The highest BCUT2D eigenvalue weighted by Gasteiger charge is 2.40. The van der Waals surface area contributed by atoms with Crippen molar-refractivity contribution in [1.29, 1.82) is 0 Å². The Morgan fingerprint density at radius 1 is 1.07 bits per heavy atom. The standard InChI is InChI=1S/C23H32N4O/c1-16-9-5-6-10-21(16)27-18(3)20(17(2)24-27)15-25-13-8-7-11-23-22(25)12-14-26(23)19(4)28/h5-6,9-10,22-23H,7-8,11-15H2,1-4H3/t22-,23-/m1/s1. The molecule has 0 spiro atoms. The first-order valence-electron chi connectivity index (χ1n) is 10.6. The van der Waals surface area contributed by atoms with Crippen LogP contribution in [0.25, 0.3) is 5.69 Å². The van der Waals surface area contributed by atoms with Crippen LogP contribution in [0.2, 0.25) is 0 Å². The zero-order valence-corrected chi connectivity index (χ0v) is 17.6. The molecular formula is C23H32N4O. The number of para-hydroxylation sites is 1. The zero-order valence-electron chi connectivity index (χ0n) is 17.6. The normalized spacial score (nSPS) is 22.9. The number of fused-ring (bicyclic) bond motifs is 1. The van der Waals surface area contributed by atoms with Gasteiger partial charge in [0.2, 0.25) is 5.91 Å². The minimum Gasteiger partial charge on any atom is -0.338 e. The Morgan fingerprint density at radius 3 is 2.61 bits per heavy atom. The number of likely N-dealkylation sites (tertiary alicyclic amines) is 2. The predicted octanol–water partition coefficient (Wildman–Crippen LogP) is 3.77. The van der Waals surface area contributed by atoms with Gasteiger partial charge in [0, 0.05) is 43.4 Å². The van der Waals surface area contributed by atoms with Crippen molar-refractivity contribution in [2.75, 3.05) is 13.1 Å². The summed E-state index contributed by atoms with van der Waals surface area (Å²) < 4.78 is 2.10. The molecule has 0 saturated carbocycles. The maximum absolute atomic E-state index is 12.1. The van der Waals surface area contributed by atoms with Crippen LogP contribution >= 0.6 is 0 Å². The number of amides is 1. The van der Waals surface area contributed by atoms with E-state index in [1.165, 1.54) is 29.7 Å². The average Bonchev–Trinajstić information content (AvgIpc) is 3.13. The Hall–Kier alpha value is -2.14. The molecule has 1 aromatic carbocycles. The third-order valence-corrected chi connectivity index (χ3v) is 6.72. The summed E-state index contributed by atoms with van der Waals surface area (Å²) in [6.07, 6.45) is 4.65. The number of carbonyl (C=O) groups is 1. The molecule has 3 heterocycles. The van der Waals surface area contributed by atoms with E-state index in [1.54, 1.807) is 6.92 Å². The van der Waals surface area contributed by atoms with Crippen molar-refractivity contribution in [2.24, 2.45) is 0 Å². The van der Waals surface area contributed by atoms with Gasteiger partial charge in [-0.05, 0) is 58.2 Å². The molecule has 1 aromatic heterocycles. The first-order valence-corrected chi connectivity index (χ1v) is 10.6. The molecule has 0 bridgehead atoms. The minimum absolute atomic E-state index is 0.231. The highest BCUT2D eigenvalue weighted by Crippen LogP contribution is 2.32. The van der Waals surface area contributed by atoms with Crippen molar-refractivity contribution < 1.29 is 4.79 Å². The molecule has 2 aromatic rings. The SMILES string of the molecule is CC(=O)N1CC[C@@H]2[C@H]1CCCCN2Cc1c(C)nn(-c2ccccc2C)c1C. The lowest BCUT2D eigenvalue weighted by Gasteiger charge is -2.32. The first kappa shape index (κ1) is 19.2. The number of rotatable bonds is 3. The number of carbonyl (C=O) groups excluding carboxylic acids is 1. The van der Waals surface area contributed by atoms with Gasteiger partial charge in [0.05, 0.1) is 11.4 Å². The van der Waals surface area contributed by atoms with Crippen LogP contribution in [-0.4, -0.2) is 50.7 Å². The van der Waals surface area contributed by atoms with E-state index >= 15 is 0 Å². The quantitative estimate of drug-likeness (QED) is 0.814. The molecule has 5 nitrogen and oxygen atoms in total. The highest BCUT2D eigenvalue weighted by atomic mass is 16.2. The van der Waals surface area contributed by atoms with Gasteiger partial charge in [0.1, 0.15) is 0 Å². The van der Waals surface area contributed by atoms with Crippen molar-refractivity contribution in [3.8, 4) is 5.69 Å². The molecule has 1 amide bonds.